The Hall–Kier alpha value is -4.23. The molecule has 0 unspecified atom stereocenters. The topological polar surface area (TPSA) is 96.7 Å². The summed E-state index contributed by atoms with van der Waals surface area (Å²) in [7, 11) is 0. The highest BCUT2D eigenvalue weighted by Gasteiger charge is 2.14. The fraction of sp³-hybridized carbons (Fsp3) is 0.0741. The summed E-state index contributed by atoms with van der Waals surface area (Å²) in [5.41, 5.74) is 3.39. The largest absolute Gasteiger partial charge is 0.507 e. The Morgan fingerprint density at radius 1 is 0.912 bits per heavy atom. The van der Waals surface area contributed by atoms with Gasteiger partial charge in [0, 0.05) is 28.3 Å². The molecule has 5 aromatic rings. The van der Waals surface area contributed by atoms with Crippen molar-refractivity contribution in [3.05, 3.63) is 106 Å². The van der Waals surface area contributed by atoms with Crippen molar-refractivity contribution >= 4 is 44.3 Å². The fourth-order valence-corrected chi connectivity index (χ4v) is 4.57. The van der Waals surface area contributed by atoms with E-state index in [2.05, 4.69) is 4.98 Å². The number of hydrogen-bond acceptors (Lipinski definition) is 6. The van der Waals surface area contributed by atoms with E-state index in [4.69, 9.17) is 9.84 Å². The highest BCUT2D eigenvalue weighted by molar-refractivity contribution is 7.17. The summed E-state index contributed by atoms with van der Waals surface area (Å²) in [5.74, 6) is -1.44. The first-order chi connectivity index (χ1) is 16.5. The molecule has 34 heavy (non-hydrogen) atoms. The number of carboxylic acids is 1. The van der Waals surface area contributed by atoms with Crippen LogP contribution >= 0.6 is 11.3 Å². The number of pyridine rings is 1. The number of carbonyl (C=O) groups is 2. The number of rotatable bonds is 6. The van der Waals surface area contributed by atoms with Crippen LogP contribution in [0.1, 0.15) is 37.4 Å². The van der Waals surface area contributed by atoms with E-state index in [-0.39, 0.29) is 17.9 Å². The number of aromatic carboxylic acids is 1. The standard InChI is InChI=1S/C27H19NO5S/c29-25-21(11-16-1-4-18(5-2-16)26(30)31)14-28-23-7-6-20(13-22(23)25)27(32)33-15-17-3-8-24-19(12-17)9-10-34-24/h1-10,12-14H,11,15H2,(H,28,29)(H,30,31). The van der Waals surface area contributed by atoms with Crippen molar-refractivity contribution in [2.24, 2.45) is 0 Å². The van der Waals surface area contributed by atoms with Crippen molar-refractivity contribution in [3.8, 4) is 5.75 Å². The molecular formula is C27H19NO5S. The lowest BCUT2D eigenvalue weighted by molar-refractivity contribution is 0.0472. The van der Waals surface area contributed by atoms with Gasteiger partial charge in [-0.2, -0.15) is 0 Å². The molecule has 168 valence electrons. The SMILES string of the molecule is O=C(O)c1ccc(Cc2cnc3ccc(C(=O)OCc4ccc5sccc5c4)cc3c2O)cc1. The number of aromatic hydroxyl groups is 1. The molecule has 0 radical (unpaired) electrons. The quantitative estimate of drug-likeness (QED) is 0.305. The van der Waals surface area contributed by atoms with Gasteiger partial charge in [0.25, 0.3) is 0 Å². The molecule has 0 aliphatic rings. The Kier molecular flexibility index (Phi) is 5.69. The highest BCUT2D eigenvalue weighted by Crippen LogP contribution is 2.30. The van der Waals surface area contributed by atoms with E-state index >= 15 is 0 Å². The molecule has 7 heteroatoms. The van der Waals surface area contributed by atoms with Crippen LogP contribution in [0, 0.1) is 0 Å². The molecule has 0 aliphatic carbocycles. The maximum atomic E-state index is 12.7. The van der Waals surface area contributed by atoms with Crippen LogP contribution in [-0.4, -0.2) is 27.1 Å². The Bertz CT molecular complexity index is 1540. The molecule has 0 saturated carbocycles. The molecule has 3 aromatic carbocycles. The van der Waals surface area contributed by atoms with E-state index in [0.29, 0.717) is 28.5 Å². The van der Waals surface area contributed by atoms with E-state index in [1.807, 2.05) is 29.6 Å². The van der Waals surface area contributed by atoms with E-state index < -0.39 is 11.9 Å². The number of esters is 1. The molecule has 2 aromatic heterocycles. The molecule has 0 bridgehead atoms. The number of carboxylic acid groups (broad SMARTS) is 1. The smallest absolute Gasteiger partial charge is 0.338 e. The van der Waals surface area contributed by atoms with Gasteiger partial charge in [-0.3, -0.25) is 4.98 Å². The van der Waals surface area contributed by atoms with Crippen LogP contribution in [0.15, 0.2) is 78.3 Å². The number of thiophene rings is 1. The third-order valence-corrected chi connectivity index (χ3v) is 6.53. The minimum Gasteiger partial charge on any atom is -0.507 e. The number of benzene rings is 3. The van der Waals surface area contributed by atoms with Gasteiger partial charge in [-0.05, 0) is 70.4 Å². The molecule has 0 fully saturated rings. The van der Waals surface area contributed by atoms with Crippen LogP contribution in [0.3, 0.4) is 0 Å². The predicted octanol–water partition coefficient (Wildman–Crippen LogP) is 5.80. The first kappa shape index (κ1) is 21.6. The monoisotopic (exact) mass is 469 g/mol. The van der Waals surface area contributed by atoms with Crippen molar-refractivity contribution in [3.63, 3.8) is 0 Å². The number of nitrogens with zero attached hydrogens (tertiary/aromatic N) is 1. The minimum atomic E-state index is -0.992. The summed E-state index contributed by atoms with van der Waals surface area (Å²) in [6.07, 6.45) is 1.95. The zero-order valence-corrected chi connectivity index (χ0v) is 18.7. The Morgan fingerprint density at radius 2 is 1.68 bits per heavy atom. The van der Waals surface area contributed by atoms with Gasteiger partial charge in [-0.1, -0.05) is 18.2 Å². The molecule has 0 spiro atoms. The summed E-state index contributed by atoms with van der Waals surface area (Å²) in [6, 6.07) is 19.3. The van der Waals surface area contributed by atoms with Crippen molar-refractivity contribution in [1.82, 2.24) is 4.98 Å². The second kappa shape index (κ2) is 8.96. The lowest BCUT2D eigenvalue weighted by Gasteiger charge is -2.10. The van der Waals surface area contributed by atoms with Crippen LogP contribution in [0.4, 0.5) is 0 Å². The van der Waals surface area contributed by atoms with Crippen molar-refractivity contribution in [1.29, 1.82) is 0 Å². The van der Waals surface area contributed by atoms with Crippen LogP contribution in [0.25, 0.3) is 21.0 Å². The summed E-state index contributed by atoms with van der Waals surface area (Å²) in [6.45, 7) is 0.152. The van der Waals surface area contributed by atoms with Crippen molar-refractivity contribution in [2.45, 2.75) is 13.0 Å². The van der Waals surface area contributed by atoms with E-state index in [9.17, 15) is 14.7 Å². The van der Waals surface area contributed by atoms with Crippen LogP contribution in [0.5, 0.6) is 5.75 Å². The molecule has 5 rings (SSSR count). The Balaban J connectivity index is 1.35. The van der Waals surface area contributed by atoms with Gasteiger partial charge in [0.15, 0.2) is 0 Å². The van der Waals surface area contributed by atoms with Gasteiger partial charge in [0.1, 0.15) is 12.4 Å². The molecule has 6 nitrogen and oxygen atoms in total. The van der Waals surface area contributed by atoms with Crippen LogP contribution in [0.2, 0.25) is 0 Å². The maximum absolute atomic E-state index is 12.7. The van der Waals surface area contributed by atoms with Crippen LogP contribution in [-0.2, 0) is 17.8 Å². The molecule has 0 atom stereocenters. The Labute approximate surface area is 198 Å². The van der Waals surface area contributed by atoms with Gasteiger partial charge in [0.05, 0.1) is 16.6 Å². The number of aromatic nitrogens is 1. The average molecular weight is 470 g/mol. The lowest BCUT2D eigenvalue weighted by Crippen LogP contribution is -2.05. The van der Waals surface area contributed by atoms with Crippen LogP contribution < -0.4 is 0 Å². The molecule has 2 N–H and O–H groups in total. The number of ether oxygens (including phenoxy) is 1. The fourth-order valence-electron chi connectivity index (χ4n) is 3.80. The first-order valence-corrected chi connectivity index (χ1v) is 11.4. The zero-order valence-electron chi connectivity index (χ0n) is 17.9. The summed E-state index contributed by atoms with van der Waals surface area (Å²) in [4.78, 5) is 28.1. The molecular weight excluding hydrogens is 450 g/mol. The number of carbonyl (C=O) groups excluding carboxylic acids is 1. The van der Waals surface area contributed by atoms with E-state index in [1.165, 1.54) is 16.8 Å². The summed E-state index contributed by atoms with van der Waals surface area (Å²) >= 11 is 1.66. The van der Waals surface area contributed by atoms with E-state index in [0.717, 1.165) is 16.5 Å². The third kappa shape index (κ3) is 4.33. The number of hydrogen-bond donors (Lipinski definition) is 2. The molecule has 0 saturated heterocycles. The second-order valence-electron chi connectivity index (χ2n) is 7.91. The van der Waals surface area contributed by atoms with Gasteiger partial charge in [-0.15, -0.1) is 11.3 Å². The lowest BCUT2D eigenvalue weighted by atomic mass is 10.0. The highest BCUT2D eigenvalue weighted by atomic mass is 32.1. The van der Waals surface area contributed by atoms with E-state index in [1.54, 1.807) is 47.9 Å². The van der Waals surface area contributed by atoms with Gasteiger partial charge in [-0.25, -0.2) is 9.59 Å². The average Bonchev–Trinajstić information content (AvgIpc) is 3.32. The summed E-state index contributed by atoms with van der Waals surface area (Å²) < 4.78 is 6.68. The zero-order chi connectivity index (χ0) is 23.7. The maximum Gasteiger partial charge on any atom is 0.338 e. The molecule has 0 aliphatic heterocycles. The normalized spacial score (nSPS) is 11.1. The molecule has 0 amide bonds. The first-order valence-electron chi connectivity index (χ1n) is 10.5. The van der Waals surface area contributed by atoms with Crippen molar-refractivity contribution < 1.29 is 24.5 Å². The van der Waals surface area contributed by atoms with Gasteiger partial charge >= 0.3 is 11.9 Å². The predicted molar refractivity (Wildman–Crippen MR) is 131 cm³/mol. The third-order valence-electron chi connectivity index (χ3n) is 5.63. The molecule has 2 heterocycles. The minimum absolute atomic E-state index is 0.0323. The Morgan fingerprint density at radius 3 is 2.47 bits per heavy atom. The van der Waals surface area contributed by atoms with Gasteiger partial charge in [0.2, 0.25) is 0 Å². The second-order valence-corrected chi connectivity index (χ2v) is 8.86. The summed E-state index contributed by atoms with van der Waals surface area (Å²) in [5, 5.41) is 23.5. The van der Waals surface area contributed by atoms with Crippen molar-refractivity contribution in [2.75, 3.05) is 0 Å². The van der Waals surface area contributed by atoms with Gasteiger partial charge < -0.3 is 14.9 Å². The number of fused-ring (bicyclic) bond motifs is 2.